The number of nitrogens with zero attached hydrogens (tertiary/aromatic N) is 1. The maximum absolute atomic E-state index is 8.83. The van der Waals surface area contributed by atoms with Gasteiger partial charge >= 0.3 is 0 Å². The van der Waals surface area contributed by atoms with Gasteiger partial charge < -0.3 is 5.32 Å². The Hall–Kier alpha value is -0.550. The molecule has 1 aliphatic carbocycles. The first-order chi connectivity index (χ1) is 6.64. The molecule has 14 heavy (non-hydrogen) atoms. The van der Waals surface area contributed by atoms with Gasteiger partial charge in [-0.2, -0.15) is 5.26 Å². The third-order valence-electron chi connectivity index (χ3n) is 3.07. The van der Waals surface area contributed by atoms with Gasteiger partial charge in [0.25, 0.3) is 0 Å². The van der Waals surface area contributed by atoms with Crippen molar-refractivity contribution >= 4 is 0 Å². The van der Waals surface area contributed by atoms with Crippen molar-refractivity contribution in [1.29, 1.82) is 5.26 Å². The van der Waals surface area contributed by atoms with Crippen LogP contribution in [0.15, 0.2) is 0 Å². The molecule has 80 valence electrons. The van der Waals surface area contributed by atoms with Gasteiger partial charge in [-0.25, -0.2) is 0 Å². The van der Waals surface area contributed by atoms with Gasteiger partial charge in [0.15, 0.2) is 0 Å². The molecule has 0 radical (unpaired) electrons. The largest absolute Gasteiger partial charge is 0.314 e. The quantitative estimate of drug-likeness (QED) is 0.683. The molecule has 0 heterocycles. The highest BCUT2D eigenvalue weighted by molar-refractivity contribution is 4.91. The van der Waals surface area contributed by atoms with Gasteiger partial charge in [0.2, 0.25) is 0 Å². The molecule has 0 aromatic heterocycles. The summed E-state index contributed by atoms with van der Waals surface area (Å²) in [4.78, 5) is 0. The Morgan fingerprint density at radius 1 is 1.36 bits per heavy atom. The van der Waals surface area contributed by atoms with E-state index in [9.17, 15) is 0 Å². The van der Waals surface area contributed by atoms with Crippen molar-refractivity contribution in [2.24, 2.45) is 5.41 Å². The second kappa shape index (κ2) is 5.36. The molecule has 0 bridgehead atoms. The second-order valence-corrected chi connectivity index (χ2v) is 5.03. The van der Waals surface area contributed by atoms with Gasteiger partial charge in [-0.15, -0.1) is 0 Å². The molecule has 0 spiro atoms. The maximum atomic E-state index is 8.83. The van der Waals surface area contributed by atoms with Crippen molar-refractivity contribution < 1.29 is 0 Å². The Morgan fingerprint density at radius 3 is 2.57 bits per heavy atom. The Labute approximate surface area is 87.7 Å². The van der Waals surface area contributed by atoms with Crippen LogP contribution in [0, 0.1) is 16.7 Å². The molecule has 1 aliphatic rings. The second-order valence-electron chi connectivity index (χ2n) is 5.03. The lowest BCUT2D eigenvalue weighted by atomic mass is 9.90. The Bertz CT molecular complexity index is 197. The van der Waals surface area contributed by atoms with E-state index < -0.39 is 0 Å². The zero-order valence-electron chi connectivity index (χ0n) is 9.47. The predicted molar refractivity (Wildman–Crippen MR) is 58.9 cm³/mol. The summed E-state index contributed by atoms with van der Waals surface area (Å²) < 4.78 is 0. The van der Waals surface area contributed by atoms with E-state index in [4.69, 9.17) is 5.26 Å². The first kappa shape index (κ1) is 11.5. The third-order valence-corrected chi connectivity index (χ3v) is 3.07. The number of hydrogen-bond donors (Lipinski definition) is 1. The van der Waals surface area contributed by atoms with Crippen molar-refractivity contribution in [2.75, 3.05) is 6.54 Å². The van der Waals surface area contributed by atoms with Gasteiger partial charge in [-0.1, -0.05) is 12.8 Å². The lowest BCUT2D eigenvalue weighted by Crippen LogP contribution is -2.27. The summed E-state index contributed by atoms with van der Waals surface area (Å²) in [6.07, 6.45) is 7.60. The Balaban J connectivity index is 2.02. The molecule has 0 aromatic carbocycles. The fourth-order valence-corrected chi connectivity index (χ4v) is 2.02. The molecule has 0 aromatic rings. The molecular weight excluding hydrogens is 172 g/mol. The highest BCUT2D eigenvalue weighted by atomic mass is 14.9. The standard InChI is InChI=1S/C12H22N2/c1-12(2,10-13)8-5-9-14-11-6-3-4-7-11/h11,14H,3-9H2,1-2H3. The van der Waals surface area contributed by atoms with Crippen molar-refractivity contribution in [1.82, 2.24) is 5.32 Å². The zero-order chi connectivity index (χ0) is 10.4. The van der Waals surface area contributed by atoms with Crippen LogP contribution in [0.2, 0.25) is 0 Å². The summed E-state index contributed by atoms with van der Waals surface area (Å²) in [6, 6.07) is 3.11. The fraction of sp³-hybridized carbons (Fsp3) is 0.917. The van der Waals surface area contributed by atoms with Crippen LogP contribution >= 0.6 is 0 Å². The van der Waals surface area contributed by atoms with Gasteiger partial charge in [0, 0.05) is 6.04 Å². The van der Waals surface area contributed by atoms with Crippen LogP contribution in [0.3, 0.4) is 0 Å². The highest BCUT2D eigenvalue weighted by Gasteiger charge is 2.17. The SMILES string of the molecule is CC(C)(C#N)CCCNC1CCCC1. The minimum Gasteiger partial charge on any atom is -0.314 e. The topological polar surface area (TPSA) is 35.8 Å². The minimum absolute atomic E-state index is 0.142. The summed E-state index contributed by atoms with van der Waals surface area (Å²) in [7, 11) is 0. The van der Waals surface area contributed by atoms with E-state index in [-0.39, 0.29) is 5.41 Å². The van der Waals surface area contributed by atoms with E-state index in [1.165, 1.54) is 25.7 Å². The molecule has 2 nitrogen and oxygen atoms in total. The molecule has 1 fully saturated rings. The molecule has 0 aliphatic heterocycles. The van der Waals surface area contributed by atoms with Crippen LogP contribution in [0.4, 0.5) is 0 Å². The van der Waals surface area contributed by atoms with E-state index in [1.807, 2.05) is 13.8 Å². The molecule has 0 saturated heterocycles. The first-order valence-corrected chi connectivity index (χ1v) is 5.79. The van der Waals surface area contributed by atoms with E-state index in [2.05, 4.69) is 11.4 Å². The number of nitrogens with one attached hydrogen (secondary N) is 1. The van der Waals surface area contributed by atoms with Gasteiger partial charge in [-0.3, -0.25) is 0 Å². The smallest absolute Gasteiger partial charge is 0.0683 e. The van der Waals surface area contributed by atoms with Crippen LogP contribution in [0.1, 0.15) is 52.4 Å². The average Bonchev–Trinajstić information content (AvgIpc) is 2.65. The normalized spacial score (nSPS) is 18.4. The third kappa shape index (κ3) is 4.11. The Morgan fingerprint density at radius 2 is 2.00 bits per heavy atom. The maximum Gasteiger partial charge on any atom is 0.0683 e. The summed E-state index contributed by atoms with van der Waals surface area (Å²) in [5, 5.41) is 12.4. The van der Waals surface area contributed by atoms with Gasteiger partial charge in [-0.05, 0) is 46.1 Å². The lowest BCUT2D eigenvalue weighted by Gasteiger charge is -2.16. The van der Waals surface area contributed by atoms with Gasteiger partial charge in [0.05, 0.1) is 11.5 Å². The molecule has 1 N–H and O–H groups in total. The first-order valence-electron chi connectivity index (χ1n) is 5.79. The van der Waals surface area contributed by atoms with Crippen molar-refractivity contribution in [3.8, 4) is 6.07 Å². The van der Waals surface area contributed by atoms with E-state index >= 15 is 0 Å². The van der Waals surface area contributed by atoms with Crippen LogP contribution in [0.25, 0.3) is 0 Å². The molecule has 0 unspecified atom stereocenters. The molecule has 1 rings (SSSR count). The molecule has 1 saturated carbocycles. The van der Waals surface area contributed by atoms with Crippen LogP contribution in [-0.2, 0) is 0 Å². The molecular formula is C12H22N2. The van der Waals surface area contributed by atoms with Crippen LogP contribution < -0.4 is 5.32 Å². The molecule has 2 heteroatoms. The Kier molecular flexibility index (Phi) is 4.41. The molecule has 0 atom stereocenters. The summed E-state index contributed by atoms with van der Waals surface area (Å²) >= 11 is 0. The molecule has 0 amide bonds. The van der Waals surface area contributed by atoms with Crippen molar-refractivity contribution in [3.05, 3.63) is 0 Å². The van der Waals surface area contributed by atoms with Gasteiger partial charge in [0.1, 0.15) is 0 Å². The fourth-order valence-electron chi connectivity index (χ4n) is 2.02. The number of rotatable bonds is 5. The van der Waals surface area contributed by atoms with Crippen LogP contribution in [-0.4, -0.2) is 12.6 Å². The number of nitriles is 1. The summed E-state index contributed by atoms with van der Waals surface area (Å²) in [5.41, 5.74) is -0.142. The van der Waals surface area contributed by atoms with Crippen molar-refractivity contribution in [3.63, 3.8) is 0 Å². The average molecular weight is 194 g/mol. The monoisotopic (exact) mass is 194 g/mol. The van der Waals surface area contributed by atoms with E-state index in [1.54, 1.807) is 0 Å². The highest BCUT2D eigenvalue weighted by Crippen LogP contribution is 2.21. The summed E-state index contributed by atoms with van der Waals surface area (Å²) in [6.45, 7) is 5.11. The summed E-state index contributed by atoms with van der Waals surface area (Å²) in [5.74, 6) is 0. The minimum atomic E-state index is -0.142. The predicted octanol–water partition coefficient (Wildman–Crippen LogP) is 2.85. The zero-order valence-corrected chi connectivity index (χ0v) is 9.47. The van der Waals surface area contributed by atoms with Crippen LogP contribution in [0.5, 0.6) is 0 Å². The van der Waals surface area contributed by atoms with Crippen molar-refractivity contribution in [2.45, 2.75) is 58.4 Å². The van der Waals surface area contributed by atoms with E-state index in [0.29, 0.717) is 0 Å². The van der Waals surface area contributed by atoms with E-state index in [0.717, 1.165) is 25.4 Å². The number of hydrogen-bond acceptors (Lipinski definition) is 2. The lowest BCUT2D eigenvalue weighted by molar-refractivity contribution is 0.412.